The van der Waals surface area contributed by atoms with Gasteiger partial charge < -0.3 is 15.2 Å². The van der Waals surface area contributed by atoms with Gasteiger partial charge in [0.15, 0.2) is 0 Å². The van der Waals surface area contributed by atoms with Gasteiger partial charge in [-0.25, -0.2) is 9.59 Å². The molecule has 19 heavy (non-hydrogen) atoms. The minimum Gasteiger partial charge on any atom is -0.478 e. The molecule has 0 aromatic heterocycles. The van der Waals surface area contributed by atoms with Crippen LogP contribution in [0.4, 0.5) is 18.0 Å². The van der Waals surface area contributed by atoms with E-state index in [0.717, 1.165) is 6.08 Å². The van der Waals surface area contributed by atoms with Gasteiger partial charge in [0, 0.05) is 6.08 Å². The zero-order valence-electron chi connectivity index (χ0n) is 10.7. The Bertz CT molecular complexity index is 358. The third-order valence-corrected chi connectivity index (χ3v) is 1.62. The summed E-state index contributed by atoms with van der Waals surface area (Å²) in [6.07, 6.45) is -5.68. The molecule has 0 spiro atoms. The van der Waals surface area contributed by atoms with E-state index < -0.39 is 36.3 Å². The van der Waals surface area contributed by atoms with Gasteiger partial charge in [0.1, 0.15) is 5.60 Å². The van der Waals surface area contributed by atoms with Crippen LogP contribution in [-0.4, -0.2) is 35.0 Å². The highest BCUT2D eigenvalue weighted by atomic mass is 19.4. The number of amides is 1. The van der Waals surface area contributed by atoms with E-state index in [4.69, 9.17) is 9.84 Å². The van der Waals surface area contributed by atoms with Crippen LogP contribution in [0, 0.1) is 0 Å². The molecule has 110 valence electrons. The SMILES string of the molecule is CC(C)(C)OC(=O)NC(C=CC(=O)O)CC(F)(F)F. The molecule has 0 saturated heterocycles. The maximum absolute atomic E-state index is 12.2. The molecule has 0 radical (unpaired) electrons. The largest absolute Gasteiger partial charge is 0.478 e. The number of ether oxygens (including phenoxy) is 1. The Morgan fingerprint density at radius 2 is 1.84 bits per heavy atom. The lowest BCUT2D eigenvalue weighted by atomic mass is 10.2. The molecule has 0 saturated carbocycles. The molecule has 1 unspecified atom stereocenters. The van der Waals surface area contributed by atoms with Crippen molar-refractivity contribution in [3.63, 3.8) is 0 Å². The van der Waals surface area contributed by atoms with Gasteiger partial charge in [0.2, 0.25) is 0 Å². The molecule has 0 aliphatic heterocycles. The van der Waals surface area contributed by atoms with Crippen molar-refractivity contribution < 1.29 is 32.6 Å². The third-order valence-electron chi connectivity index (χ3n) is 1.62. The van der Waals surface area contributed by atoms with E-state index in [1.54, 1.807) is 20.8 Å². The van der Waals surface area contributed by atoms with Crippen molar-refractivity contribution in [2.75, 3.05) is 0 Å². The fourth-order valence-electron chi connectivity index (χ4n) is 1.07. The van der Waals surface area contributed by atoms with Crippen molar-refractivity contribution >= 4 is 12.1 Å². The van der Waals surface area contributed by atoms with Crippen molar-refractivity contribution in [2.45, 2.75) is 45.0 Å². The monoisotopic (exact) mass is 283 g/mol. The number of alkyl carbamates (subject to hydrolysis) is 1. The van der Waals surface area contributed by atoms with Crippen LogP contribution in [0.5, 0.6) is 0 Å². The molecule has 1 amide bonds. The molecule has 0 aliphatic rings. The van der Waals surface area contributed by atoms with Crippen molar-refractivity contribution in [1.29, 1.82) is 0 Å². The first kappa shape index (κ1) is 17.3. The van der Waals surface area contributed by atoms with Crippen LogP contribution in [-0.2, 0) is 9.53 Å². The van der Waals surface area contributed by atoms with E-state index in [9.17, 15) is 22.8 Å². The Balaban J connectivity index is 4.67. The van der Waals surface area contributed by atoms with Crippen LogP contribution in [0.1, 0.15) is 27.2 Å². The minimum atomic E-state index is -4.54. The highest BCUT2D eigenvalue weighted by molar-refractivity contribution is 5.80. The Morgan fingerprint density at radius 3 is 2.21 bits per heavy atom. The van der Waals surface area contributed by atoms with Crippen LogP contribution < -0.4 is 5.32 Å². The van der Waals surface area contributed by atoms with Crippen LogP contribution >= 0.6 is 0 Å². The molecule has 0 aromatic carbocycles. The predicted octanol–water partition coefficient (Wildman–Crippen LogP) is 2.47. The van der Waals surface area contributed by atoms with Gasteiger partial charge in [-0.2, -0.15) is 13.2 Å². The van der Waals surface area contributed by atoms with E-state index >= 15 is 0 Å². The fraction of sp³-hybridized carbons (Fsp3) is 0.636. The number of carboxylic acid groups (broad SMARTS) is 1. The standard InChI is InChI=1S/C11H16F3NO4/c1-10(2,3)19-9(18)15-7(4-5-8(16)17)6-11(12,13)14/h4-5,7H,6H2,1-3H3,(H,15,18)(H,16,17). The first-order valence-corrected chi connectivity index (χ1v) is 5.36. The molecule has 0 fully saturated rings. The Hall–Kier alpha value is -1.73. The van der Waals surface area contributed by atoms with Gasteiger partial charge in [-0.15, -0.1) is 0 Å². The fourth-order valence-corrected chi connectivity index (χ4v) is 1.07. The average Bonchev–Trinajstić information content (AvgIpc) is 2.08. The van der Waals surface area contributed by atoms with Crippen LogP contribution in [0.3, 0.4) is 0 Å². The summed E-state index contributed by atoms with van der Waals surface area (Å²) in [6.45, 7) is 4.66. The summed E-state index contributed by atoms with van der Waals surface area (Å²) in [6, 6.07) is -1.49. The van der Waals surface area contributed by atoms with Crippen molar-refractivity contribution in [1.82, 2.24) is 5.32 Å². The Labute approximate surface area is 108 Å². The number of hydrogen-bond acceptors (Lipinski definition) is 3. The van der Waals surface area contributed by atoms with Gasteiger partial charge in [0.25, 0.3) is 0 Å². The lowest BCUT2D eigenvalue weighted by Gasteiger charge is -2.22. The molecule has 0 heterocycles. The molecule has 0 aromatic rings. The molecule has 0 rings (SSSR count). The summed E-state index contributed by atoms with van der Waals surface area (Å²) in [7, 11) is 0. The number of carbonyl (C=O) groups is 2. The quantitative estimate of drug-likeness (QED) is 0.777. The highest BCUT2D eigenvalue weighted by Crippen LogP contribution is 2.22. The number of alkyl halides is 3. The second kappa shape index (κ2) is 6.44. The van der Waals surface area contributed by atoms with E-state index in [1.807, 2.05) is 5.32 Å². The first-order chi connectivity index (χ1) is 8.39. The van der Waals surface area contributed by atoms with Crippen LogP contribution in [0.15, 0.2) is 12.2 Å². The molecule has 0 bridgehead atoms. The second-order valence-electron chi connectivity index (χ2n) is 4.77. The van der Waals surface area contributed by atoms with E-state index in [0.29, 0.717) is 6.08 Å². The number of rotatable bonds is 4. The van der Waals surface area contributed by atoms with E-state index in [2.05, 4.69) is 0 Å². The lowest BCUT2D eigenvalue weighted by molar-refractivity contribution is -0.138. The van der Waals surface area contributed by atoms with Gasteiger partial charge in [-0.3, -0.25) is 0 Å². The zero-order valence-corrected chi connectivity index (χ0v) is 10.7. The van der Waals surface area contributed by atoms with Gasteiger partial charge >= 0.3 is 18.2 Å². The van der Waals surface area contributed by atoms with Crippen molar-refractivity contribution in [3.8, 4) is 0 Å². The van der Waals surface area contributed by atoms with Crippen LogP contribution in [0.25, 0.3) is 0 Å². The number of aliphatic carboxylic acids is 1. The summed E-state index contributed by atoms with van der Waals surface area (Å²) in [4.78, 5) is 21.6. The number of carboxylic acids is 1. The molecule has 1 atom stereocenters. The summed E-state index contributed by atoms with van der Waals surface area (Å²) in [5.74, 6) is -1.40. The number of nitrogens with one attached hydrogen (secondary N) is 1. The molecule has 8 heteroatoms. The Morgan fingerprint density at radius 1 is 1.32 bits per heavy atom. The normalized spacial score (nSPS) is 14.2. The summed E-state index contributed by atoms with van der Waals surface area (Å²) in [5, 5.41) is 10.3. The second-order valence-corrected chi connectivity index (χ2v) is 4.77. The van der Waals surface area contributed by atoms with Crippen LogP contribution in [0.2, 0.25) is 0 Å². The van der Waals surface area contributed by atoms with Gasteiger partial charge in [0.05, 0.1) is 12.5 Å². The lowest BCUT2D eigenvalue weighted by Crippen LogP contribution is -2.40. The third kappa shape index (κ3) is 11.1. The predicted molar refractivity (Wildman–Crippen MR) is 60.6 cm³/mol. The molecule has 0 aliphatic carbocycles. The van der Waals surface area contributed by atoms with Gasteiger partial charge in [-0.1, -0.05) is 6.08 Å². The van der Waals surface area contributed by atoms with E-state index in [-0.39, 0.29) is 0 Å². The maximum Gasteiger partial charge on any atom is 0.408 e. The Kier molecular flexibility index (Phi) is 5.85. The maximum atomic E-state index is 12.2. The summed E-state index contributed by atoms with van der Waals surface area (Å²) < 4.78 is 41.5. The highest BCUT2D eigenvalue weighted by Gasteiger charge is 2.32. The molecule has 2 N–H and O–H groups in total. The molecule has 5 nitrogen and oxygen atoms in total. The number of carbonyl (C=O) groups excluding carboxylic acids is 1. The number of hydrogen-bond donors (Lipinski definition) is 2. The summed E-state index contributed by atoms with van der Waals surface area (Å²) in [5.41, 5.74) is -0.858. The number of halogens is 3. The van der Waals surface area contributed by atoms with Gasteiger partial charge in [-0.05, 0) is 20.8 Å². The van der Waals surface area contributed by atoms with Crippen molar-refractivity contribution in [2.24, 2.45) is 0 Å². The zero-order chi connectivity index (χ0) is 15.3. The summed E-state index contributed by atoms with van der Waals surface area (Å²) >= 11 is 0. The molecular weight excluding hydrogens is 267 g/mol. The van der Waals surface area contributed by atoms with E-state index in [1.165, 1.54) is 0 Å². The molecular formula is C11H16F3NO4. The first-order valence-electron chi connectivity index (χ1n) is 5.36. The topological polar surface area (TPSA) is 75.6 Å². The smallest absolute Gasteiger partial charge is 0.408 e. The minimum absolute atomic E-state index is 0.535. The van der Waals surface area contributed by atoms with Crippen molar-refractivity contribution in [3.05, 3.63) is 12.2 Å². The average molecular weight is 283 g/mol.